The van der Waals surface area contributed by atoms with Crippen LogP contribution >= 0.6 is 36.4 Å². The number of piperidine rings is 1. The van der Waals surface area contributed by atoms with Crippen molar-refractivity contribution < 1.29 is 14.4 Å². The van der Waals surface area contributed by atoms with Crippen LogP contribution in [0.4, 0.5) is 5.82 Å². The minimum absolute atomic E-state index is 0. The molecule has 1 aromatic heterocycles. The first-order valence-electron chi connectivity index (χ1n) is 13.9. The fourth-order valence-electron chi connectivity index (χ4n) is 5.58. The molecule has 1 unspecified atom stereocenters. The summed E-state index contributed by atoms with van der Waals surface area (Å²) in [5.74, 6) is 0.0219. The summed E-state index contributed by atoms with van der Waals surface area (Å²) in [7, 11) is 1.79. The number of aromatic nitrogens is 1. The number of hydrogen-bond donors (Lipinski definition) is 1. The fraction of sp³-hybridized carbons (Fsp3) is 0.533. The van der Waals surface area contributed by atoms with Gasteiger partial charge in [0.25, 0.3) is 5.91 Å². The van der Waals surface area contributed by atoms with Gasteiger partial charge in [-0.15, -0.1) is 24.8 Å². The minimum Gasteiger partial charge on any atom is -0.339 e. The summed E-state index contributed by atoms with van der Waals surface area (Å²) in [6.07, 6.45) is 3.36. The lowest BCUT2D eigenvalue weighted by atomic mass is 10.0. The van der Waals surface area contributed by atoms with E-state index in [9.17, 15) is 14.4 Å². The Morgan fingerprint density at radius 3 is 2.44 bits per heavy atom. The predicted molar refractivity (Wildman–Crippen MR) is 168 cm³/mol. The maximum Gasteiger partial charge on any atom is 0.254 e. The van der Waals surface area contributed by atoms with E-state index in [-0.39, 0.29) is 54.6 Å². The second-order valence-corrected chi connectivity index (χ2v) is 11.4. The van der Waals surface area contributed by atoms with E-state index in [0.717, 1.165) is 49.5 Å². The first-order valence-corrected chi connectivity index (χ1v) is 14.3. The summed E-state index contributed by atoms with van der Waals surface area (Å²) in [5, 5.41) is 3.68. The normalized spacial score (nSPS) is 18.3. The van der Waals surface area contributed by atoms with Crippen LogP contribution in [0.3, 0.4) is 0 Å². The van der Waals surface area contributed by atoms with Gasteiger partial charge in [0.2, 0.25) is 11.8 Å². The molecule has 2 atom stereocenters. The molecule has 2 aromatic rings. The van der Waals surface area contributed by atoms with Crippen LogP contribution in [0, 0.1) is 13.8 Å². The molecule has 8 nitrogen and oxygen atoms in total. The standard InChI is InChI=1S/C30H40ClN5O3.2ClH/c1-6-21(4)34(5)30(39)23-16-20(3)32-27(17-23)33-29(38)26-9-10-28(37)36(26)24-11-13-35(14-12-24)18-22-7-8-25(31)19(2)15-22;;/h7-8,15-17,21,24,26H,6,9-14,18H2,1-5H3,(H,32,33,38);2*1H/t21?,26-;;/m1../s1. The number of hydrogen-bond acceptors (Lipinski definition) is 5. The van der Waals surface area contributed by atoms with Crippen molar-refractivity contribution in [3.05, 3.63) is 57.7 Å². The number of carbonyl (C=O) groups excluding carboxylic acids is 3. The number of anilines is 1. The van der Waals surface area contributed by atoms with E-state index in [1.54, 1.807) is 35.9 Å². The number of carbonyl (C=O) groups is 3. The largest absolute Gasteiger partial charge is 0.339 e. The zero-order valence-corrected chi connectivity index (χ0v) is 26.9. The fourth-order valence-corrected chi connectivity index (χ4v) is 5.70. The molecule has 4 rings (SSSR count). The van der Waals surface area contributed by atoms with Gasteiger partial charge < -0.3 is 15.1 Å². The van der Waals surface area contributed by atoms with Crippen LogP contribution in [0.5, 0.6) is 0 Å². The predicted octanol–water partition coefficient (Wildman–Crippen LogP) is 5.66. The van der Waals surface area contributed by atoms with Gasteiger partial charge >= 0.3 is 0 Å². The van der Waals surface area contributed by atoms with E-state index in [4.69, 9.17) is 11.6 Å². The number of rotatable bonds is 8. The molecular weight excluding hydrogens is 585 g/mol. The highest BCUT2D eigenvalue weighted by Crippen LogP contribution is 2.29. The molecule has 0 spiro atoms. The molecule has 0 radical (unpaired) electrons. The molecule has 41 heavy (non-hydrogen) atoms. The van der Waals surface area contributed by atoms with Crippen LogP contribution < -0.4 is 5.32 Å². The van der Waals surface area contributed by atoms with Crippen LogP contribution in [0.1, 0.15) is 73.1 Å². The number of benzene rings is 1. The van der Waals surface area contributed by atoms with E-state index in [1.807, 2.05) is 26.8 Å². The second-order valence-electron chi connectivity index (χ2n) is 11.0. The van der Waals surface area contributed by atoms with Gasteiger partial charge in [-0.1, -0.05) is 30.7 Å². The summed E-state index contributed by atoms with van der Waals surface area (Å²) in [6.45, 7) is 10.4. The van der Waals surface area contributed by atoms with Crippen LogP contribution in [0.2, 0.25) is 5.02 Å². The molecule has 226 valence electrons. The van der Waals surface area contributed by atoms with Crippen molar-refractivity contribution in [2.75, 3.05) is 25.5 Å². The Morgan fingerprint density at radius 1 is 1.12 bits per heavy atom. The Bertz CT molecular complexity index is 1240. The third kappa shape index (κ3) is 8.34. The van der Waals surface area contributed by atoms with Gasteiger partial charge in [-0.25, -0.2) is 4.98 Å². The number of amides is 3. The van der Waals surface area contributed by atoms with Gasteiger partial charge in [-0.05, 0) is 75.8 Å². The topological polar surface area (TPSA) is 85.8 Å². The van der Waals surface area contributed by atoms with Crippen molar-refractivity contribution in [1.29, 1.82) is 0 Å². The van der Waals surface area contributed by atoms with Crippen molar-refractivity contribution in [3.8, 4) is 0 Å². The number of halogens is 3. The van der Waals surface area contributed by atoms with E-state index in [2.05, 4.69) is 27.3 Å². The number of nitrogens with one attached hydrogen (secondary N) is 1. The number of pyridine rings is 1. The molecule has 3 heterocycles. The van der Waals surface area contributed by atoms with Crippen LogP contribution in [-0.2, 0) is 16.1 Å². The van der Waals surface area contributed by atoms with Gasteiger partial charge in [-0.3, -0.25) is 19.3 Å². The Hall–Kier alpha value is -2.39. The zero-order chi connectivity index (χ0) is 28.3. The minimum atomic E-state index is -0.530. The van der Waals surface area contributed by atoms with Gasteiger partial charge in [-0.2, -0.15) is 0 Å². The third-order valence-corrected chi connectivity index (χ3v) is 8.59. The van der Waals surface area contributed by atoms with E-state index in [1.165, 1.54) is 5.56 Å². The summed E-state index contributed by atoms with van der Waals surface area (Å²) in [6, 6.07) is 9.10. The Balaban J connectivity index is 0.00000294. The Morgan fingerprint density at radius 2 is 1.80 bits per heavy atom. The van der Waals surface area contributed by atoms with E-state index in [0.29, 0.717) is 29.9 Å². The van der Waals surface area contributed by atoms with E-state index < -0.39 is 6.04 Å². The van der Waals surface area contributed by atoms with Crippen molar-refractivity contribution in [2.24, 2.45) is 0 Å². The molecule has 0 bridgehead atoms. The summed E-state index contributed by atoms with van der Waals surface area (Å²) in [4.78, 5) is 49.6. The highest BCUT2D eigenvalue weighted by molar-refractivity contribution is 6.31. The zero-order valence-electron chi connectivity index (χ0n) is 24.5. The summed E-state index contributed by atoms with van der Waals surface area (Å²) >= 11 is 6.17. The van der Waals surface area contributed by atoms with Crippen LogP contribution in [0.25, 0.3) is 0 Å². The number of likely N-dealkylation sites (tertiary alicyclic amines) is 2. The van der Waals surface area contributed by atoms with Crippen molar-refractivity contribution in [2.45, 2.75) is 84.5 Å². The van der Waals surface area contributed by atoms with Crippen molar-refractivity contribution in [3.63, 3.8) is 0 Å². The highest BCUT2D eigenvalue weighted by Gasteiger charge is 2.41. The summed E-state index contributed by atoms with van der Waals surface area (Å²) < 4.78 is 0. The molecule has 2 aliphatic rings. The summed E-state index contributed by atoms with van der Waals surface area (Å²) in [5.41, 5.74) is 3.44. The molecule has 3 amide bonds. The van der Waals surface area contributed by atoms with Gasteiger partial charge in [0, 0.05) is 61.5 Å². The van der Waals surface area contributed by atoms with Gasteiger partial charge in [0.15, 0.2) is 0 Å². The van der Waals surface area contributed by atoms with E-state index >= 15 is 0 Å². The lowest BCUT2D eigenvalue weighted by molar-refractivity contribution is -0.136. The highest BCUT2D eigenvalue weighted by atomic mass is 35.5. The first kappa shape index (κ1) is 34.8. The SMILES string of the molecule is CCC(C)N(C)C(=O)c1cc(C)nc(NC(=O)[C@H]2CCC(=O)N2C2CCN(Cc3ccc(Cl)c(C)c3)CC2)c1.Cl.Cl. The average Bonchev–Trinajstić information content (AvgIpc) is 3.31. The first-order chi connectivity index (χ1) is 18.6. The molecule has 1 aromatic carbocycles. The molecule has 0 saturated carbocycles. The monoisotopic (exact) mass is 625 g/mol. The Labute approximate surface area is 261 Å². The molecular formula is C30H42Cl3N5O3. The smallest absolute Gasteiger partial charge is 0.254 e. The maximum absolute atomic E-state index is 13.4. The van der Waals surface area contributed by atoms with Crippen molar-refractivity contribution >= 4 is 60.0 Å². The number of nitrogens with zero attached hydrogens (tertiary/aromatic N) is 4. The molecule has 2 saturated heterocycles. The lowest BCUT2D eigenvalue weighted by Gasteiger charge is -2.39. The van der Waals surface area contributed by atoms with Crippen LogP contribution in [-0.4, -0.2) is 75.7 Å². The van der Waals surface area contributed by atoms with Gasteiger partial charge in [0.05, 0.1) is 0 Å². The van der Waals surface area contributed by atoms with Crippen LogP contribution in [0.15, 0.2) is 30.3 Å². The Kier molecular flexibility index (Phi) is 12.9. The number of aryl methyl sites for hydroxylation is 2. The van der Waals surface area contributed by atoms with Crippen molar-refractivity contribution in [1.82, 2.24) is 19.7 Å². The second kappa shape index (κ2) is 15.2. The maximum atomic E-state index is 13.4. The molecule has 0 aliphatic carbocycles. The molecule has 1 N–H and O–H groups in total. The lowest BCUT2D eigenvalue weighted by Crippen LogP contribution is -2.51. The van der Waals surface area contributed by atoms with Gasteiger partial charge in [0.1, 0.15) is 11.9 Å². The quantitative estimate of drug-likeness (QED) is 0.409. The molecule has 11 heteroatoms. The third-order valence-electron chi connectivity index (χ3n) is 8.16. The molecule has 2 aliphatic heterocycles. The average molecular weight is 627 g/mol. The molecule has 2 fully saturated rings.